The van der Waals surface area contributed by atoms with Gasteiger partial charge in [-0.1, -0.05) is 36.4 Å². The molecule has 1 aliphatic heterocycles. The van der Waals surface area contributed by atoms with Crippen LogP contribution in [0.25, 0.3) is 28.1 Å². The van der Waals surface area contributed by atoms with E-state index in [-0.39, 0.29) is 5.75 Å². The van der Waals surface area contributed by atoms with Crippen LogP contribution in [0.15, 0.2) is 79.0 Å². The molecule has 0 unspecified atom stereocenters. The van der Waals surface area contributed by atoms with Gasteiger partial charge in [-0.2, -0.15) is 4.57 Å². The Labute approximate surface area is 157 Å². The van der Waals surface area contributed by atoms with Gasteiger partial charge in [0.25, 0.3) is 0 Å². The molecule has 0 atom stereocenters. The molecule has 0 bridgehead atoms. The summed E-state index contributed by atoms with van der Waals surface area (Å²) in [6.45, 7) is 0. The number of fused-ring (bicyclic) bond motifs is 5. The predicted octanol–water partition coefficient (Wildman–Crippen LogP) is 4.73. The van der Waals surface area contributed by atoms with Crippen LogP contribution in [0.1, 0.15) is 16.8 Å². The van der Waals surface area contributed by atoms with Gasteiger partial charge in [-0.3, -0.25) is 0 Å². The first-order chi connectivity index (χ1) is 13.3. The van der Waals surface area contributed by atoms with E-state index in [1.165, 1.54) is 27.7 Å². The summed E-state index contributed by atoms with van der Waals surface area (Å²) in [5.41, 5.74) is 5.60. The minimum absolute atomic E-state index is 0.143. The van der Waals surface area contributed by atoms with Crippen LogP contribution < -0.4 is 9.30 Å². The maximum Gasteiger partial charge on any atom is 0.227 e. The number of nitrogens with zero attached hydrogens (tertiary/aromatic N) is 1. The molecule has 1 N–H and O–H groups in total. The molecule has 1 aromatic heterocycles. The summed E-state index contributed by atoms with van der Waals surface area (Å²) in [5, 5.41) is 12.6. The summed E-state index contributed by atoms with van der Waals surface area (Å²) in [6.07, 6.45) is 4.26. The molecule has 1 aliphatic rings. The smallest absolute Gasteiger partial charge is 0.227 e. The molecule has 0 amide bonds. The van der Waals surface area contributed by atoms with Crippen LogP contribution in [-0.4, -0.2) is 12.2 Å². The number of aromatic hydroxyl groups is 1. The monoisotopic (exact) mass is 352 g/mol. The number of benzene rings is 3. The average molecular weight is 352 g/mol. The maximum absolute atomic E-state index is 10.2. The normalized spacial score (nSPS) is 13.6. The maximum atomic E-state index is 10.2. The number of hydrogen-bond donors (Lipinski definition) is 1. The minimum Gasteiger partial charge on any atom is -0.504 e. The Bertz CT molecular complexity index is 1220. The number of hydrogen-bond acceptors (Lipinski definition) is 2. The van der Waals surface area contributed by atoms with Crippen molar-refractivity contribution in [1.29, 1.82) is 0 Å². The Morgan fingerprint density at radius 1 is 0.926 bits per heavy atom. The fourth-order valence-electron chi connectivity index (χ4n) is 3.84. The largest absolute Gasteiger partial charge is 0.504 e. The third-order valence-electron chi connectivity index (χ3n) is 5.08. The summed E-state index contributed by atoms with van der Waals surface area (Å²) in [7, 11) is 1.55. The lowest BCUT2D eigenvalue weighted by molar-refractivity contribution is -0.592. The number of phenols is 1. The van der Waals surface area contributed by atoms with Crippen molar-refractivity contribution in [2.45, 2.75) is 0 Å². The fraction of sp³-hybridized carbons (Fsp3) is 0.0417. The Morgan fingerprint density at radius 3 is 2.59 bits per heavy atom. The van der Waals surface area contributed by atoms with Gasteiger partial charge in [0.15, 0.2) is 17.7 Å². The summed E-state index contributed by atoms with van der Waals surface area (Å²) in [6, 6.07) is 24.5. The van der Waals surface area contributed by atoms with Crippen LogP contribution in [0.3, 0.4) is 0 Å². The first-order valence-corrected chi connectivity index (χ1v) is 8.88. The van der Waals surface area contributed by atoms with Crippen molar-refractivity contribution < 1.29 is 14.4 Å². The lowest BCUT2D eigenvalue weighted by Crippen LogP contribution is -2.30. The van der Waals surface area contributed by atoms with Crippen molar-refractivity contribution in [3.63, 3.8) is 0 Å². The van der Waals surface area contributed by atoms with Crippen LogP contribution in [0.2, 0.25) is 0 Å². The highest BCUT2D eigenvalue weighted by Crippen LogP contribution is 2.37. The zero-order valence-corrected chi connectivity index (χ0v) is 14.9. The first-order valence-electron chi connectivity index (χ1n) is 8.88. The van der Waals surface area contributed by atoms with E-state index in [9.17, 15) is 5.11 Å². The van der Waals surface area contributed by atoms with E-state index >= 15 is 0 Å². The van der Waals surface area contributed by atoms with Gasteiger partial charge in [0, 0.05) is 12.1 Å². The Kier molecular flexibility index (Phi) is 3.47. The topological polar surface area (TPSA) is 33.3 Å². The summed E-state index contributed by atoms with van der Waals surface area (Å²) < 4.78 is 7.41. The van der Waals surface area contributed by atoms with Crippen LogP contribution in [0.4, 0.5) is 0 Å². The third kappa shape index (κ3) is 2.40. The van der Waals surface area contributed by atoms with Gasteiger partial charge in [0.1, 0.15) is 0 Å². The van der Waals surface area contributed by atoms with E-state index in [2.05, 4.69) is 71.4 Å². The van der Waals surface area contributed by atoms with Crippen molar-refractivity contribution >= 4 is 22.4 Å². The van der Waals surface area contributed by atoms with Gasteiger partial charge < -0.3 is 9.84 Å². The number of rotatable bonds is 2. The quantitative estimate of drug-likeness (QED) is 0.466. The summed E-state index contributed by atoms with van der Waals surface area (Å²) in [4.78, 5) is 0. The third-order valence-corrected chi connectivity index (χ3v) is 5.08. The van der Waals surface area contributed by atoms with Crippen molar-refractivity contribution in [2.24, 2.45) is 0 Å². The molecular formula is C24H18NO2+. The standard InChI is InChI=1S/C24H17NO2/c1-27-23-11-10-16(15-22(23)26)14-20-19-8-4-5-9-21(19)25-13-12-17-6-2-3-7-18(17)24(20)25/h2-15H,1H3/p+1. The molecule has 5 rings (SSSR count). The lowest BCUT2D eigenvalue weighted by Gasteiger charge is -2.05. The van der Waals surface area contributed by atoms with E-state index < -0.39 is 0 Å². The van der Waals surface area contributed by atoms with Crippen LogP contribution in [0, 0.1) is 0 Å². The first kappa shape index (κ1) is 15.6. The Morgan fingerprint density at radius 2 is 1.74 bits per heavy atom. The van der Waals surface area contributed by atoms with Crippen LogP contribution >= 0.6 is 0 Å². The minimum atomic E-state index is 0.143. The lowest BCUT2D eigenvalue weighted by atomic mass is 9.98. The van der Waals surface area contributed by atoms with Crippen molar-refractivity contribution in [3.8, 4) is 17.2 Å². The second-order valence-corrected chi connectivity index (χ2v) is 6.63. The van der Waals surface area contributed by atoms with Gasteiger partial charge in [0.05, 0.1) is 23.6 Å². The average Bonchev–Trinajstić information content (AvgIpc) is 3.02. The Balaban J connectivity index is 1.80. The zero-order chi connectivity index (χ0) is 18.4. The molecule has 0 fully saturated rings. The number of methoxy groups -OCH3 is 1. The molecule has 3 nitrogen and oxygen atoms in total. The highest BCUT2D eigenvalue weighted by Gasteiger charge is 2.33. The van der Waals surface area contributed by atoms with Gasteiger partial charge in [-0.05, 0) is 41.3 Å². The van der Waals surface area contributed by atoms with E-state index in [4.69, 9.17) is 4.74 Å². The van der Waals surface area contributed by atoms with Gasteiger partial charge in [-0.15, -0.1) is 0 Å². The molecule has 3 aromatic carbocycles. The van der Waals surface area contributed by atoms with Crippen molar-refractivity contribution in [2.75, 3.05) is 7.11 Å². The second kappa shape index (κ2) is 5.99. The molecule has 0 radical (unpaired) electrons. The molecule has 0 saturated heterocycles. The highest BCUT2D eigenvalue weighted by molar-refractivity contribution is 6.02. The second-order valence-electron chi connectivity index (χ2n) is 6.63. The van der Waals surface area contributed by atoms with Crippen LogP contribution in [-0.2, 0) is 0 Å². The highest BCUT2D eigenvalue weighted by atomic mass is 16.5. The summed E-state index contributed by atoms with van der Waals surface area (Å²) >= 11 is 0. The molecule has 27 heavy (non-hydrogen) atoms. The number of ether oxygens (including phenoxy) is 1. The molecule has 3 heteroatoms. The number of phenolic OH excluding ortho intramolecular Hbond substituents is 1. The predicted molar refractivity (Wildman–Crippen MR) is 107 cm³/mol. The molecule has 0 saturated carbocycles. The molecule has 0 aliphatic carbocycles. The SMILES string of the molecule is COc1ccc(C=C2c3ccccc3-[n+]3ccc4ccccc4c32)cc1O. The van der Waals surface area contributed by atoms with E-state index in [1.54, 1.807) is 19.2 Å². The molecule has 2 heterocycles. The Hall–Kier alpha value is -3.59. The van der Waals surface area contributed by atoms with Gasteiger partial charge in [-0.25, -0.2) is 0 Å². The van der Waals surface area contributed by atoms with Gasteiger partial charge >= 0.3 is 0 Å². The van der Waals surface area contributed by atoms with E-state index in [1.807, 2.05) is 6.07 Å². The van der Waals surface area contributed by atoms with Crippen molar-refractivity contribution in [3.05, 3.63) is 95.8 Å². The molecule has 130 valence electrons. The van der Waals surface area contributed by atoms with Gasteiger partial charge in [0.2, 0.25) is 11.4 Å². The van der Waals surface area contributed by atoms with Crippen molar-refractivity contribution in [1.82, 2.24) is 0 Å². The number of pyridine rings is 1. The van der Waals surface area contributed by atoms with E-state index in [0.717, 1.165) is 11.1 Å². The number of para-hydroxylation sites is 1. The molecule has 4 aromatic rings. The molecular weight excluding hydrogens is 334 g/mol. The summed E-state index contributed by atoms with van der Waals surface area (Å²) in [5.74, 6) is 0.619. The fourth-order valence-corrected chi connectivity index (χ4v) is 3.84. The van der Waals surface area contributed by atoms with Crippen LogP contribution in [0.5, 0.6) is 11.5 Å². The number of aromatic nitrogens is 1. The molecule has 0 spiro atoms. The van der Waals surface area contributed by atoms with E-state index in [0.29, 0.717) is 5.75 Å². The zero-order valence-electron chi connectivity index (χ0n) is 14.9.